The van der Waals surface area contributed by atoms with Crippen molar-refractivity contribution in [2.45, 2.75) is 31.7 Å². The van der Waals surface area contributed by atoms with Crippen LogP contribution in [0.15, 0.2) is 48.5 Å². The molecule has 27 heavy (non-hydrogen) atoms. The van der Waals surface area contributed by atoms with Crippen molar-refractivity contribution in [3.05, 3.63) is 59.7 Å². The molecule has 1 atom stereocenters. The molecule has 1 amide bonds. The third-order valence-electron chi connectivity index (χ3n) is 6.57. The molecule has 0 N–H and O–H groups in total. The van der Waals surface area contributed by atoms with Gasteiger partial charge in [-0.2, -0.15) is 0 Å². The Labute approximate surface area is 160 Å². The normalized spacial score (nSPS) is 26.0. The molecule has 3 saturated heterocycles. The molecule has 0 radical (unpaired) electrons. The lowest BCUT2D eigenvalue weighted by Crippen LogP contribution is -2.59. The summed E-state index contributed by atoms with van der Waals surface area (Å²) >= 11 is 0. The highest BCUT2D eigenvalue weighted by Gasteiger charge is 2.42. The number of hydrogen-bond donors (Lipinski definition) is 0. The Morgan fingerprint density at radius 2 is 1.63 bits per heavy atom. The largest absolute Gasteiger partial charge is 0.457 e. The molecule has 0 saturated carbocycles. The van der Waals surface area contributed by atoms with E-state index in [-0.39, 0.29) is 11.8 Å². The van der Waals surface area contributed by atoms with Gasteiger partial charge in [-0.05, 0) is 50.9 Å². The van der Waals surface area contributed by atoms with Crippen LogP contribution < -0.4 is 4.74 Å². The highest BCUT2D eigenvalue weighted by molar-refractivity contribution is 5.90. The molecule has 140 valence electrons. The monoisotopic (exact) mass is 362 g/mol. The van der Waals surface area contributed by atoms with Crippen LogP contribution in [-0.4, -0.2) is 47.9 Å². The zero-order valence-corrected chi connectivity index (χ0v) is 15.8. The topological polar surface area (TPSA) is 32.8 Å². The van der Waals surface area contributed by atoms with E-state index in [9.17, 15) is 4.79 Å². The van der Waals surface area contributed by atoms with Gasteiger partial charge in [-0.15, -0.1) is 0 Å². The van der Waals surface area contributed by atoms with Crippen molar-refractivity contribution < 1.29 is 9.53 Å². The van der Waals surface area contributed by atoms with Gasteiger partial charge in [0.2, 0.25) is 5.91 Å². The number of likely N-dealkylation sites (N-methyl/N-ethyl adjacent to an activating group) is 1. The summed E-state index contributed by atoms with van der Waals surface area (Å²) < 4.78 is 6.09. The second kappa shape index (κ2) is 6.68. The lowest BCUT2D eigenvalue weighted by atomic mass is 9.81. The van der Waals surface area contributed by atoms with Crippen LogP contribution in [0.5, 0.6) is 11.5 Å². The molecule has 3 fully saturated rings. The Balaban J connectivity index is 1.54. The van der Waals surface area contributed by atoms with E-state index in [0.717, 1.165) is 35.7 Å². The predicted molar refractivity (Wildman–Crippen MR) is 105 cm³/mol. The van der Waals surface area contributed by atoms with Crippen LogP contribution in [0.3, 0.4) is 0 Å². The lowest BCUT2D eigenvalue weighted by molar-refractivity contribution is -0.138. The summed E-state index contributed by atoms with van der Waals surface area (Å²) in [6, 6.07) is 16.3. The van der Waals surface area contributed by atoms with Crippen molar-refractivity contribution in [3.8, 4) is 11.5 Å². The summed E-state index contributed by atoms with van der Waals surface area (Å²) in [5.74, 6) is 2.20. The molecular weight excluding hydrogens is 336 g/mol. The number of para-hydroxylation sites is 2. The number of carbonyl (C=O) groups excluding carboxylic acids is 1. The predicted octanol–water partition coefficient (Wildman–Crippen LogP) is 3.87. The zero-order chi connectivity index (χ0) is 18.4. The first kappa shape index (κ1) is 16.8. The number of amides is 1. The van der Waals surface area contributed by atoms with Crippen molar-refractivity contribution in [2.24, 2.45) is 5.92 Å². The number of rotatable bonds is 3. The van der Waals surface area contributed by atoms with Crippen molar-refractivity contribution in [3.63, 3.8) is 0 Å². The summed E-state index contributed by atoms with van der Waals surface area (Å²) in [5.41, 5.74) is 1.97. The quantitative estimate of drug-likeness (QED) is 0.831. The Hall–Kier alpha value is -2.33. The van der Waals surface area contributed by atoms with Crippen LogP contribution in [0.1, 0.15) is 36.8 Å². The average molecular weight is 362 g/mol. The molecule has 2 aromatic carbocycles. The van der Waals surface area contributed by atoms with Crippen LogP contribution in [0.25, 0.3) is 0 Å². The van der Waals surface area contributed by atoms with Crippen LogP contribution in [0.2, 0.25) is 0 Å². The number of ether oxygens (including phenoxy) is 1. The lowest BCUT2D eigenvalue weighted by Gasteiger charge is -2.49. The number of carbonyl (C=O) groups is 1. The summed E-state index contributed by atoms with van der Waals surface area (Å²) in [6.45, 7) is 6.28. The van der Waals surface area contributed by atoms with Crippen LogP contribution in [0, 0.1) is 5.92 Å². The molecule has 4 heterocycles. The Morgan fingerprint density at radius 3 is 2.15 bits per heavy atom. The zero-order valence-electron chi connectivity index (χ0n) is 15.8. The second-order valence-corrected chi connectivity index (χ2v) is 7.94. The van der Waals surface area contributed by atoms with E-state index in [2.05, 4.69) is 16.7 Å². The van der Waals surface area contributed by atoms with Crippen molar-refractivity contribution >= 4 is 5.91 Å². The molecule has 4 heteroatoms. The van der Waals surface area contributed by atoms with E-state index >= 15 is 0 Å². The first-order valence-electron chi connectivity index (χ1n) is 10.1. The van der Waals surface area contributed by atoms with Gasteiger partial charge < -0.3 is 14.5 Å². The van der Waals surface area contributed by atoms with Gasteiger partial charge in [0.1, 0.15) is 11.5 Å². The molecule has 0 aliphatic carbocycles. The van der Waals surface area contributed by atoms with Gasteiger partial charge in [0.05, 0.1) is 5.92 Å². The molecule has 6 rings (SSSR count). The molecule has 4 aliphatic heterocycles. The second-order valence-electron chi connectivity index (χ2n) is 7.94. The fraction of sp³-hybridized carbons (Fsp3) is 0.435. The maximum atomic E-state index is 13.9. The smallest absolute Gasteiger partial charge is 0.235 e. The minimum absolute atomic E-state index is 0.222. The van der Waals surface area contributed by atoms with Gasteiger partial charge >= 0.3 is 0 Å². The van der Waals surface area contributed by atoms with E-state index in [1.54, 1.807) is 0 Å². The SMILES string of the molecule is CCN(C(=O)C1c2ccccc2Oc2ccccc21)C1CN2CCC1CC2. The van der Waals surface area contributed by atoms with E-state index in [4.69, 9.17) is 4.74 Å². The highest BCUT2D eigenvalue weighted by atomic mass is 16.5. The maximum Gasteiger partial charge on any atom is 0.235 e. The van der Waals surface area contributed by atoms with Crippen LogP contribution in [-0.2, 0) is 4.79 Å². The van der Waals surface area contributed by atoms with E-state index in [1.807, 2.05) is 48.5 Å². The standard InChI is InChI=1S/C23H26N2O2/c1-2-25(19-15-24-13-11-16(19)12-14-24)23(26)22-17-7-3-5-9-20(17)27-21-10-6-4-8-18(21)22/h3-10,16,19,22H,2,11-15H2,1H3. The Bertz CT molecular complexity index is 811. The minimum Gasteiger partial charge on any atom is -0.457 e. The molecule has 1 unspecified atom stereocenters. The average Bonchev–Trinajstić information content (AvgIpc) is 2.73. The Morgan fingerprint density at radius 1 is 1.04 bits per heavy atom. The van der Waals surface area contributed by atoms with E-state index in [1.165, 1.54) is 25.9 Å². The first-order chi connectivity index (χ1) is 13.3. The summed E-state index contributed by atoms with van der Waals surface area (Å²) in [7, 11) is 0. The first-order valence-corrected chi connectivity index (χ1v) is 10.1. The van der Waals surface area contributed by atoms with Crippen molar-refractivity contribution in [2.75, 3.05) is 26.2 Å². The van der Waals surface area contributed by atoms with Gasteiger partial charge in [-0.1, -0.05) is 36.4 Å². The fourth-order valence-electron chi connectivity index (χ4n) is 5.18. The molecular formula is C23H26N2O2. The van der Waals surface area contributed by atoms with Gasteiger partial charge in [0, 0.05) is 30.3 Å². The van der Waals surface area contributed by atoms with Crippen LogP contribution >= 0.6 is 0 Å². The molecule has 2 aromatic rings. The Kier molecular flexibility index (Phi) is 4.16. The molecule has 2 bridgehead atoms. The molecule has 0 aromatic heterocycles. The van der Waals surface area contributed by atoms with Gasteiger partial charge in [-0.3, -0.25) is 4.79 Å². The van der Waals surface area contributed by atoms with E-state index < -0.39 is 0 Å². The molecule has 4 nitrogen and oxygen atoms in total. The highest BCUT2D eigenvalue weighted by Crippen LogP contribution is 2.45. The number of nitrogens with zero attached hydrogens (tertiary/aromatic N) is 2. The summed E-state index contributed by atoms with van der Waals surface area (Å²) in [5, 5.41) is 0. The van der Waals surface area contributed by atoms with Gasteiger partial charge in [-0.25, -0.2) is 0 Å². The number of fused-ring (bicyclic) bond motifs is 5. The maximum absolute atomic E-state index is 13.9. The van der Waals surface area contributed by atoms with Crippen molar-refractivity contribution in [1.82, 2.24) is 9.80 Å². The summed E-state index contributed by atoms with van der Waals surface area (Å²) in [4.78, 5) is 18.6. The van der Waals surface area contributed by atoms with Gasteiger partial charge in [0.25, 0.3) is 0 Å². The number of hydrogen-bond acceptors (Lipinski definition) is 3. The van der Waals surface area contributed by atoms with E-state index in [0.29, 0.717) is 12.0 Å². The third-order valence-corrected chi connectivity index (χ3v) is 6.57. The van der Waals surface area contributed by atoms with Crippen molar-refractivity contribution in [1.29, 1.82) is 0 Å². The summed E-state index contributed by atoms with van der Waals surface area (Å²) in [6.07, 6.45) is 2.44. The fourth-order valence-corrected chi connectivity index (χ4v) is 5.18. The van der Waals surface area contributed by atoms with Gasteiger partial charge in [0.15, 0.2) is 0 Å². The minimum atomic E-state index is -0.276. The third kappa shape index (κ3) is 2.74. The number of benzene rings is 2. The molecule has 0 spiro atoms. The van der Waals surface area contributed by atoms with Crippen LogP contribution in [0.4, 0.5) is 0 Å². The number of piperidine rings is 3. The molecule has 4 aliphatic rings.